The van der Waals surface area contributed by atoms with E-state index in [0.717, 1.165) is 25.7 Å². The van der Waals surface area contributed by atoms with E-state index in [4.69, 9.17) is 4.74 Å². The van der Waals surface area contributed by atoms with E-state index in [-0.39, 0.29) is 17.7 Å². The molecule has 4 aliphatic heterocycles. The lowest BCUT2D eigenvalue weighted by atomic mass is 9.69. The standard InChI is InChI=1S/C12H17NO3/c1-16-12(15)10-11(14)7-5-8-3-2-4-9(6-7)13(8)10/h7-10H,2-6H2,1H3. The first-order valence-corrected chi connectivity index (χ1v) is 6.11. The zero-order valence-corrected chi connectivity index (χ0v) is 9.52. The summed E-state index contributed by atoms with van der Waals surface area (Å²) < 4.78 is 4.78. The van der Waals surface area contributed by atoms with Gasteiger partial charge in [0.25, 0.3) is 0 Å². The van der Waals surface area contributed by atoms with Crippen molar-refractivity contribution in [2.24, 2.45) is 5.92 Å². The van der Waals surface area contributed by atoms with Crippen molar-refractivity contribution in [2.75, 3.05) is 7.11 Å². The van der Waals surface area contributed by atoms with Gasteiger partial charge in [-0.2, -0.15) is 0 Å². The second-order valence-electron chi connectivity index (χ2n) is 5.18. The highest BCUT2D eigenvalue weighted by Crippen LogP contribution is 2.44. The summed E-state index contributed by atoms with van der Waals surface area (Å²) in [6.45, 7) is 0. The summed E-state index contributed by atoms with van der Waals surface area (Å²) in [5.74, 6) is -0.142. The molecule has 0 aromatic rings. The molecule has 4 rings (SSSR count). The highest BCUT2D eigenvalue weighted by Gasteiger charge is 2.54. The molecule has 4 bridgehead atoms. The third kappa shape index (κ3) is 1.25. The average Bonchev–Trinajstić information content (AvgIpc) is 2.28. The maximum atomic E-state index is 12.1. The van der Waals surface area contributed by atoms with Gasteiger partial charge in [0, 0.05) is 18.0 Å². The van der Waals surface area contributed by atoms with Crippen molar-refractivity contribution >= 4 is 11.8 Å². The number of piperidine rings is 4. The van der Waals surface area contributed by atoms with Gasteiger partial charge in [0.15, 0.2) is 11.8 Å². The maximum absolute atomic E-state index is 12.1. The zero-order chi connectivity index (χ0) is 11.3. The summed E-state index contributed by atoms with van der Waals surface area (Å²) in [5.41, 5.74) is 0. The number of rotatable bonds is 1. The summed E-state index contributed by atoms with van der Waals surface area (Å²) >= 11 is 0. The fraction of sp³-hybridized carbons (Fsp3) is 0.833. The molecule has 4 saturated heterocycles. The summed E-state index contributed by atoms with van der Waals surface area (Å²) in [7, 11) is 1.37. The number of hydrogen-bond donors (Lipinski definition) is 0. The van der Waals surface area contributed by atoms with Crippen molar-refractivity contribution in [3.8, 4) is 0 Å². The van der Waals surface area contributed by atoms with Gasteiger partial charge in [0.1, 0.15) is 0 Å². The Labute approximate surface area is 94.9 Å². The third-order valence-electron chi connectivity index (χ3n) is 4.43. The maximum Gasteiger partial charge on any atom is 0.330 e. The molecule has 0 aromatic heterocycles. The molecular formula is C12H17NO3. The molecule has 4 heteroatoms. The van der Waals surface area contributed by atoms with Crippen molar-refractivity contribution in [3.63, 3.8) is 0 Å². The second kappa shape index (κ2) is 3.55. The van der Waals surface area contributed by atoms with E-state index in [2.05, 4.69) is 4.90 Å². The zero-order valence-electron chi connectivity index (χ0n) is 9.52. The summed E-state index contributed by atoms with van der Waals surface area (Å²) in [6, 6.07) is 0.298. The predicted molar refractivity (Wildman–Crippen MR) is 56.8 cm³/mol. The highest BCUT2D eigenvalue weighted by molar-refractivity contribution is 6.05. The number of nitrogens with zero attached hydrogens (tertiary/aromatic N) is 1. The molecule has 16 heavy (non-hydrogen) atoms. The quantitative estimate of drug-likeness (QED) is 0.486. The van der Waals surface area contributed by atoms with Crippen LogP contribution in [-0.2, 0) is 14.3 Å². The lowest BCUT2D eigenvalue weighted by Gasteiger charge is -2.55. The fourth-order valence-electron chi connectivity index (χ4n) is 3.79. The Bertz CT molecular complexity index is 327. The number of ketones is 1. The monoisotopic (exact) mass is 223 g/mol. The minimum absolute atomic E-state index is 0.0984. The number of hydrogen-bond acceptors (Lipinski definition) is 4. The molecule has 4 aliphatic rings. The van der Waals surface area contributed by atoms with Gasteiger partial charge in [0.05, 0.1) is 7.11 Å². The SMILES string of the molecule is COC(=O)C1C(=O)C2CC3CCCC(C2)N31. The first kappa shape index (κ1) is 10.3. The van der Waals surface area contributed by atoms with Crippen molar-refractivity contribution in [2.45, 2.75) is 50.2 Å². The Morgan fingerprint density at radius 2 is 1.94 bits per heavy atom. The molecule has 3 unspecified atom stereocenters. The normalized spacial score (nSPS) is 45.6. The lowest BCUT2D eigenvalue weighted by molar-refractivity contribution is -0.169. The van der Waals surface area contributed by atoms with E-state index in [1.165, 1.54) is 13.5 Å². The van der Waals surface area contributed by atoms with Crippen molar-refractivity contribution in [1.82, 2.24) is 4.90 Å². The molecule has 0 aliphatic carbocycles. The van der Waals surface area contributed by atoms with Crippen LogP contribution in [0.2, 0.25) is 0 Å². The second-order valence-corrected chi connectivity index (χ2v) is 5.18. The van der Waals surface area contributed by atoms with Crippen LogP contribution in [0.5, 0.6) is 0 Å². The molecule has 3 atom stereocenters. The molecule has 4 heterocycles. The minimum atomic E-state index is -0.590. The molecule has 0 N–H and O–H groups in total. The Kier molecular flexibility index (Phi) is 2.28. The Hall–Kier alpha value is -0.900. The van der Waals surface area contributed by atoms with Gasteiger partial charge in [-0.3, -0.25) is 9.69 Å². The van der Waals surface area contributed by atoms with Crippen LogP contribution in [0, 0.1) is 5.92 Å². The Balaban J connectivity index is 1.94. The van der Waals surface area contributed by atoms with Gasteiger partial charge in [0.2, 0.25) is 0 Å². The molecule has 4 nitrogen and oxygen atoms in total. The third-order valence-corrected chi connectivity index (χ3v) is 4.43. The number of esters is 1. The number of carbonyl (C=O) groups is 2. The average molecular weight is 223 g/mol. The van der Waals surface area contributed by atoms with E-state index >= 15 is 0 Å². The van der Waals surface area contributed by atoms with E-state index in [1.54, 1.807) is 0 Å². The van der Waals surface area contributed by atoms with Crippen LogP contribution < -0.4 is 0 Å². The molecular weight excluding hydrogens is 206 g/mol. The predicted octanol–water partition coefficient (Wildman–Crippen LogP) is 0.744. The smallest absolute Gasteiger partial charge is 0.330 e. The van der Waals surface area contributed by atoms with Crippen LogP contribution >= 0.6 is 0 Å². The van der Waals surface area contributed by atoms with Gasteiger partial charge in [-0.05, 0) is 25.7 Å². The molecule has 0 saturated carbocycles. The van der Waals surface area contributed by atoms with Gasteiger partial charge >= 0.3 is 5.97 Å². The molecule has 88 valence electrons. The molecule has 4 fully saturated rings. The largest absolute Gasteiger partial charge is 0.468 e. The van der Waals surface area contributed by atoms with E-state index < -0.39 is 6.04 Å². The number of fused-ring (bicyclic) bond motifs is 1. The number of Topliss-reactive ketones (excluding diaryl/α,β-unsaturated/α-hetero) is 1. The molecule has 0 radical (unpaired) electrons. The number of ether oxygens (including phenoxy) is 1. The van der Waals surface area contributed by atoms with Crippen LogP contribution in [0.1, 0.15) is 32.1 Å². The topological polar surface area (TPSA) is 46.6 Å². The summed E-state index contributed by atoms with van der Waals surface area (Å²) in [4.78, 5) is 25.9. The first-order chi connectivity index (χ1) is 7.72. The van der Waals surface area contributed by atoms with Crippen molar-refractivity contribution in [3.05, 3.63) is 0 Å². The van der Waals surface area contributed by atoms with E-state index in [0.29, 0.717) is 12.1 Å². The first-order valence-electron chi connectivity index (χ1n) is 6.11. The van der Waals surface area contributed by atoms with Gasteiger partial charge in [-0.15, -0.1) is 0 Å². The Morgan fingerprint density at radius 1 is 1.31 bits per heavy atom. The number of carbonyl (C=O) groups excluding carboxylic acids is 2. The van der Waals surface area contributed by atoms with Crippen LogP contribution in [0.4, 0.5) is 0 Å². The summed E-state index contributed by atoms with van der Waals surface area (Å²) in [5, 5.41) is 0. The molecule has 0 spiro atoms. The fourth-order valence-corrected chi connectivity index (χ4v) is 3.79. The van der Waals surface area contributed by atoms with Gasteiger partial charge < -0.3 is 4.74 Å². The van der Waals surface area contributed by atoms with Crippen LogP contribution in [0.15, 0.2) is 0 Å². The van der Waals surface area contributed by atoms with Crippen LogP contribution in [0.3, 0.4) is 0 Å². The minimum Gasteiger partial charge on any atom is -0.468 e. The van der Waals surface area contributed by atoms with Gasteiger partial charge in [-0.1, -0.05) is 6.42 Å². The Morgan fingerprint density at radius 3 is 2.50 bits per heavy atom. The van der Waals surface area contributed by atoms with Crippen LogP contribution in [-0.4, -0.2) is 41.9 Å². The van der Waals surface area contributed by atoms with Crippen molar-refractivity contribution in [1.29, 1.82) is 0 Å². The van der Waals surface area contributed by atoms with E-state index in [9.17, 15) is 9.59 Å². The van der Waals surface area contributed by atoms with Crippen molar-refractivity contribution < 1.29 is 14.3 Å². The summed E-state index contributed by atoms with van der Waals surface area (Å²) in [6.07, 6.45) is 5.42. The highest BCUT2D eigenvalue weighted by atomic mass is 16.5. The molecule has 0 aromatic carbocycles. The lowest BCUT2D eigenvalue weighted by Crippen LogP contribution is -2.68. The number of methoxy groups -OCH3 is 1. The van der Waals surface area contributed by atoms with Crippen LogP contribution in [0.25, 0.3) is 0 Å². The van der Waals surface area contributed by atoms with E-state index in [1.807, 2.05) is 0 Å². The molecule has 0 amide bonds. The van der Waals surface area contributed by atoms with Gasteiger partial charge in [-0.25, -0.2) is 4.79 Å².